The Morgan fingerprint density at radius 1 is 1.14 bits per heavy atom. The Morgan fingerprint density at radius 2 is 1.81 bits per heavy atom. The molecule has 4 nitrogen and oxygen atoms in total. The van der Waals surface area contributed by atoms with Gasteiger partial charge >= 0.3 is 0 Å². The van der Waals surface area contributed by atoms with Crippen molar-refractivity contribution in [1.82, 2.24) is 0 Å². The zero-order valence-corrected chi connectivity index (χ0v) is 14.7. The first-order chi connectivity index (χ1) is 9.70. The summed E-state index contributed by atoms with van der Waals surface area (Å²) in [6, 6.07) is 6.83. The van der Waals surface area contributed by atoms with E-state index >= 15 is 0 Å². The van der Waals surface area contributed by atoms with Crippen molar-refractivity contribution in [3.05, 3.63) is 49.8 Å². The molecule has 2 aromatic carbocycles. The van der Waals surface area contributed by atoms with Crippen LogP contribution >= 0.6 is 45.8 Å². The third-order valence-corrected chi connectivity index (χ3v) is 5.11. The molecule has 0 aromatic heterocycles. The van der Waals surface area contributed by atoms with Gasteiger partial charge in [-0.05, 0) is 52.9 Å². The summed E-state index contributed by atoms with van der Waals surface area (Å²) in [4.78, 5) is -0.637. The van der Waals surface area contributed by atoms with Crippen LogP contribution in [0.4, 0.5) is 15.8 Å². The maximum atomic E-state index is 13.9. The molecular weight excluding hydrogens is 453 g/mol. The molecule has 0 spiro atoms. The minimum Gasteiger partial charge on any atom is -0.399 e. The summed E-state index contributed by atoms with van der Waals surface area (Å²) in [6.07, 6.45) is 0. The van der Waals surface area contributed by atoms with Crippen LogP contribution in [0, 0.1) is 9.39 Å². The molecule has 0 aliphatic carbocycles. The van der Waals surface area contributed by atoms with Crippen molar-refractivity contribution in [1.29, 1.82) is 0 Å². The molecule has 0 heterocycles. The highest BCUT2D eigenvalue weighted by Gasteiger charge is 2.23. The number of benzene rings is 2. The molecule has 0 fully saturated rings. The Bertz CT molecular complexity index is 815. The van der Waals surface area contributed by atoms with Gasteiger partial charge in [-0.3, -0.25) is 4.72 Å². The predicted octanol–water partition coefficient (Wildman–Crippen LogP) is 4.12. The van der Waals surface area contributed by atoms with Crippen LogP contribution in [-0.2, 0) is 10.0 Å². The minimum absolute atomic E-state index is 0.0375. The van der Waals surface area contributed by atoms with E-state index in [1.165, 1.54) is 6.07 Å². The number of sulfonamides is 1. The second-order valence-electron chi connectivity index (χ2n) is 4.04. The summed E-state index contributed by atoms with van der Waals surface area (Å²) in [7, 11) is -4.20. The molecule has 0 saturated carbocycles. The summed E-state index contributed by atoms with van der Waals surface area (Å²) in [5, 5.41) is -0.176. The van der Waals surface area contributed by atoms with Crippen LogP contribution in [0.15, 0.2) is 35.2 Å². The summed E-state index contributed by atoms with van der Waals surface area (Å²) in [5.74, 6) is -1.07. The lowest BCUT2D eigenvalue weighted by atomic mass is 10.3. The Hall–Kier alpha value is -0.770. The summed E-state index contributed by atoms with van der Waals surface area (Å²) < 4.78 is 41.4. The van der Waals surface area contributed by atoms with Crippen molar-refractivity contribution in [2.45, 2.75) is 4.90 Å². The molecule has 9 heteroatoms. The van der Waals surface area contributed by atoms with Gasteiger partial charge in [-0.1, -0.05) is 23.2 Å². The normalized spacial score (nSPS) is 11.4. The van der Waals surface area contributed by atoms with Crippen LogP contribution in [0.1, 0.15) is 0 Å². The average Bonchev–Trinajstić information content (AvgIpc) is 2.37. The highest BCUT2D eigenvalue weighted by Crippen LogP contribution is 2.30. The third-order valence-electron chi connectivity index (χ3n) is 2.48. The van der Waals surface area contributed by atoms with Crippen LogP contribution in [0.2, 0.25) is 10.0 Å². The number of rotatable bonds is 3. The molecule has 0 amide bonds. The average molecular weight is 461 g/mol. The zero-order valence-electron chi connectivity index (χ0n) is 10.2. The Labute approximate surface area is 144 Å². The first-order valence-corrected chi connectivity index (χ1v) is 8.75. The summed E-state index contributed by atoms with van der Waals surface area (Å²) in [5.41, 5.74) is 5.67. The fourth-order valence-electron chi connectivity index (χ4n) is 1.55. The lowest BCUT2D eigenvalue weighted by Gasteiger charge is -2.11. The topological polar surface area (TPSA) is 72.2 Å². The van der Waals surface area contributed by atoms with E-state index < -0.39 is 20.7 Å². The smallest absolute Gasteiger partial charge is 0.264 e. The number of halogens is 4. The van der Waals surface area contributed by atoms with Crippen LogP contribution in [-0.4, -0.2) is 8.42 Å². The molecule has 112 valence electrons. The van der Waals surface area contributed by atoms with Gasteiger partial charge in [-0.2, -0.15) is 0 Å². The predicted molar refractivity (Wildman–Crippen MR) is 90.8 cm³/mol. The molecule has 0 unspecified atom stereocenters. The SMILES string of the molecule is Nc1cc(Cl)c(F)c(S(=O)(=O)Nc2ccc(I)cc2Cl)c1. The molecule has 0 bridgehead atoms. The van der Waals surface area contributed by atoms with Crippen LogP contribution < -0.4 is 10.5 Å². The van der Waals surface area contributed by atoms with Crippen molar-refractivity contribution in [3.63, 3.8) is 0 Å². The zero-order chi connectivity index (χ0) is 15.8. The number of hydrogen-bond acceptors (Lipinski definition) is 3. The largest absolute Gasteiger partial charge is 0.399 e. The van der Waals surface area contributed by atoms with E-state index in [1.54, 1.807) is 12.1 Å². The quantitative estimate of drug-likeness (QED) is 0.534. The Morgan fingerprint density at radius 3 is 2.43 bits per heavy atom. The monoisotopic (exact) mass is 460 g/mol. The van der Waals surface area contributed by atoms with E-state index in [0.717, 1.165) is 15.7 Å². The number of nitrogens with two attached hydrogens (primary N) is 1. The van der Waals surface area contributed by atoms with Crippen LogP contribution in [0.3, 0.4) is 0 Å². The van der Waals surface area contributed by atoms with Crippen LogP contribution in [0.25, 0.3) is 0 Å². The van der Waals surface area contributed by atoms with Gasteiger partial charge in [0.2, 0.25) is 0 Å². The second kappa shape index (κ2) is 6.15. The van der Waals surface area contributed by atoms with Gasteiger partial charge in [0, 0.05) is 9.26 Å². The van der Waals surface area contributed by atoms with Gasteiger partial charge < -0.3 is 5.73 Å². The Balaban J connectivity index is 2.48. The van der Waals surface area contributed by atoms with Crippen LogP contribution in [0.5, 0.6) is 0 Å². The maximum Gasteiger partial charge on any atom is 0.264 e. The summed E-state index contributed by atoms with van der Waals surface area (Å²) in [6.45, 7) is 0. The lowest BCUT2D eigenvalue weighted by Crippen LogP contribution is -2.15. The van der Waals surface area contributed by atoms with Gasteiger partial charge in [0.15, 0.2) is 5.82 Å². The fraction of sp³-hybridized carbons (Fsp3) is 0. The molecular formula is C12H8Cl2FIN2O2S. The molecule has 0 atom stereocenters. The highest BCUT2D eigenvalue weighted by molar-refractivity contribution is 14.1. The van der Waals surface area contributed by atoms with Gasteiger partial charge in [0.05, 0.1) is 15.7 Å². The van der Waals surface area contributed by atoms with Gasteiger partial charge in [0.1, 0.15) is 4.90 Å². The molecule has 2 aromatic rings. The fourth-order valence-corrected chi connectivity index (χ4v) is 4.01. The molecule has 21 heavy (non-hydrogen) atoms. The van der Waals surface area contributed by atoms with E-state index in [0.29, 0.717) is 0 Å². The first-order valence-electron chi connectivity index (χ1n) is 5.43. The number of anilines is 2. The van der Waals surface area contributed by atoms with Gasteiger partial charge in [-0.15, -0.1) is 0 Å². The lowest BCUT2D eigenvalue weighted by molar-refractivity contribution is 0.571. The molecule has 0 radical (unpaired) electrons. The van der Waals surface area contributed by atoms with Crippen molar-refractivity contribution in [3.8, 4) is 0 Å². The molecule has 0 aliphatic rings. The van der Waals surface area contributed by atoms with Gasteiger partial charge in [-0.25, -0.2) is 12.8 Å². The highest BCUT2D eigenvalue weighted by atomic mass is 127. The third kappa shape index (κ3) is 3.71. The number of hydrogen-bond donors (Lipinski definition) is 2. The molecule has 2 rings (SSSR count). The maximum absolute atomic E-state index is 13.9. The van der Waals surface area contributed by atoms with Crippen molar-refractivity contribution < 1.29 is 12.8 Å². The number of nitrogen functional groups attached to an aromatic ring is 1. The molecule has 0 saturated heterocycles. The second-order valence-corrected chi connectivity index (χ2v) is 7.76. The van der Waals surface area contributed by atoms with E-state index in [2.05, 4.69) is 4.72 Å². The van der Waals surface area contributed by atoms with Crippen molar-refractivity contribution >= 4 is 67.2 Å². The van der Waals surface area contributed by atoms with E-state index in [4.69, 9.17) is 28.9 Å². The molecule has 0 aliphatic heterocycles. The molecule has 3 N–H and O–H groups in total. The Kier molecular flexibility index (Phi) is 4.86. The van der Waals surface area contributed by atoms with E-state index in [-0.39, 0.29) is 21.4 Å². The number of nitrogens with one attached hydrogen (secondary N) is 1. The summed E-state index contributed by atoms with van der Waals surface area (Å²) >= 11 is 13.6. The van der Waals surface area contributed by atoms with E-state index in [9.17, 15) is 12.8 Å². The van der Waals surface area contributed by atoms with Crippen molar-refractivity contribution in [2.24, 2.45) is 0 Å². The van der Waals surface area contributed by atoms with Crippen molar-refractivity contribution in [2.75, 3.05) is 10.5 Å². The van der Waals surface area contributed by atoms with Gasteiger partial charge in [0.25, 0.3) is 10.0 Å². The standard InChI is InChI=1S/C12H8Cl2FIN2O2S/c13-8-3-6(16)1-2-10(8)18-21(19,20)11-5-7(17)4-9(14)12(11)15/h1-5,18H,17H2. The first kappa shape index (κ1) is 16.6. The minimum atomic E-state index is -4.20. The van der Waals surface area contributed by atoms with E-state index in [1.807, 2.05) is 22.6 Å².